The Bertz CT molecular complexity index is 848. The molecule has 0 bridgehead atoms. The van der Waals surface area contributed by atoms with Crippen molar-refractivity contribution in [3.63, 3.8) is 0 Å². The largest absolute Gasteiger partial charge is 0.440 e. The first kappa shape index (κ1) is 17.5. The van der Waals surface area contributed by atoms with Crippen LogP contribution in [-0.2, 0) is 4.79 Å². The van der Waals surface area contributed by atoms with E-state index in [-0.39, 0.29) is 17.3 Å². The summed E-state index contributed by atoms with van der Waals surface area (Å²) in [5, 5.41) is 13.2. The number of benzene rings is 1. The smallest absolute Gasteiger partial charge is 0.222 e. The lowest BCUT2D eigenvalue weighted by atomic mass is 9.96. The number of carbonyl (C=O) groups is 1. The fourth-order valence-corrected chi connectivity index (χ4v) is 3.45. The van der Waals surface area contributed by atoms with Gasteiger partial charge in [-0.2, -0.15) is 0 Å². The Morgan fingerprint density at radius 3 is 2.60 bits per heavy atom. The number of hydrogen-bond donors (Lipinski definition) is 2. The first-order valence-corrected chi connectivity index (χ1v) is 8.63. The van der Waals surface area contributed by atoms with E-state index in [1.807, 2.05) is 17.9 Å². The van der Waals surface area contributed by atoms with E-state index >= 15 is 0 Å². The topological polar surface area (TPSA) is 82.8 Å². The molecule has 134 valence electrons. The van der Waals surface area contributed by atoms with E-state index in [4.69, 9.17) is 4.42 Å². The number of carbonyl (C=O) groups excluding carboxylic acids is 1. The Balaban J connectivity index is 1.96. The zero-order valence-electron chi connectivity index (χ0n) is 14.8. The Morgan fingerprint density at radius 2 is 2.00 bits per heavy atom. The highest BCUT2D eigenvalue weighted by Gasteiger charge is 2.26. The van der Waals surface area contributed by atoms with Crippen molar-refractivity contribution in [3.05, 3.63) is 39.5 Å². The third-order valence-electron chi connectivity index (χ3n) is 4.86. The molecule has 3 rings (SSSR count). The van der Waals surface area contributed by atoms with E-state index in [1.165, 1.54) is 6.07 Å². The SMILES string of the molecule is CNC(=O)C1CCN(c2cc(=O)c3cc(C)cc(C(C)O)c3o2)CC1. The number of piperidine rings is 1. The maximum Gasteiger partial charge on any atom is 0.222 e. The summed E-state index contributed by atoms with van der Waals surface area (Å²) in [5.74, 6) is 0.564. The highest BCUT2D eigenvalue weighted by atomic mass is 16.4. The lowest BCUT2D eigenvalue weighted by Crippen LogP contribution is -2.39. The molecule has 1 aliphatic rings. The molecular formula is C19H24N2O4. The number of rotatable bonds is 3. The van der Waals surface area contributed by atoms with Gasteiger partial charge in [-0.05, 0) is 44.4 Å². The molecule has 1 saturated heterocycles. The molecule has 0 radical (unpaired) electrons. The van der Waals surface area contributed by atoms with Crippen LogP contribution in [0.3, 0.4) is 0 Å². The standard InChI is InChI=1S/C19H24N2O4/c1-11-8-14(12(2)22)18-15(9-11)16(23)10-17(25-18)21-6-4-13(5-7-21)19(24)20-3/h8-10,12-13,22H,4-7H2,1-3H3,(H,20,24). The zero-order valence-corrected chi connectivity index (χ0v) is 14.8. The molecule has 2 heterocycles. The van der Waals surface area contributed by atoms with Crippen LogP contribution >= 0.6 is 0 Å². The van der Waals surface area contributed by atoms with E-state index in [2.05, 4.69) is 5.32 Å². The molecule has 0 aliphatic carbocycles. The van der Waals surface area contributed by atoms with Gasteiger partial charge in [0.2, 0.25) is 5.91 Å². The summed E-state index contributed by atoms with van der Waals surface area (Å²) in [6, 6.07) is 5.14. The molecule has 2 N–H and O–H groups in total. The van der Waals surface area contributed by atoms with Crippen LogP contribution in [0.4, 0.5) is 5.88 Å². The third-order valence-corrected chi connectivity index (χ3v) is 4.86. The number of aryl methyl sites for hydroxylation is 1. The maximum atomic E-state index is 12.6. The molecule has 1 fully saturated rings. The second kappa shape index (κ2) is 6.88. The molecular weight excluding hydrogens is 320 g/mol. The molecule has 1 unspecified atom stereocenters. The van der Waals surface area contributed by atoms with Gasteiger partial charge in [0.15, 0.2) is 11.3 Å². The first-order valence-electron chi connectivity index (χ1n) is 8.63. The molecule has 6 nitrogen and oxygen atoms in total. The van der Waals surface area contributed by atoms with Gasteiger partial charge in [-0.3, -0.25) is 9.59 Å². The lowest BCUT2D eigenvalue weighted by Gasteiger charge is -2.31. The summed E-state index contributed by atoms with van der Waals surface area (Å²) >= 11 is 0. The number of aliphatic hydroxyl groups is 1. The van der Waals surface area contributed by atoms with E-state index in [0.29, 0.717) is 35.5 Å². The van der Waals surface area contributed by atoms with Crippen molar-refractivity contribution >= 4 is 22.8 Å². The number of amides is 1. The second-order valence-corrected chi connectivity index (χ2v) is 6.73. The minimum absolute atomic E-state index is 0.00380. The number of fused-ring (bicyclic) bond motifs is 1. The van der Waals surface area contributed by atoms with E-state index in [1.54, 1.807) is 20.0 Å². The quantitative estimate of drug-likeness (QED) is 0.891. The Kier molecular flexibility index (Phi) is 4.81. The molecule has 2 aromatic rings. The van der Waals surface area contributed by atoms with Gasteiger partial charge in [0.05, 0.1) is 11.5 Å². The number of nitrogens with zero attached hydrogens (tertiary/aromatic N) is 1. The molecule has 6 heteroatoms. The number of anilines is 1. The predicted molar refractivity (Wildman–Crippen MR) is 96.9 cm³/mol. The molecule has 1 amide bonds. The predicted octanol–water partition coefficient (Wildman–Crippen LogP) is 2.12. The van der Waals surface area contributed by atoms with Gasteiger partial charge in [-0.15, -0.1) is 0 Å². The summed E-state index contributed by atoms with van der Waals surface area (Å²) < 4.78 is 6.02. The minimum Gasteiger partial charge on any atom is -0.440 e. The van der Waals surface area contributed by atoms with Gasteiger partial charge in [0.1, 0.15) is 5.58 Å². The molecule has 0 spiro atoms. The lowest BCUT2D eigenvalue weighted by molar-refractivity contribution is -0.125. The monoisotopic (exact) mass is 344 g/mol. The molecule has 25 heavy (non-hydrogen) atoms. The second-order valence-electron chi connectivity index (χ2n) is 6.73. The molecule has 1 aliphatic heterocycles. The van der Waals surface area contributed by atoms with E-state index < -0.39 is 6.10 Å². The van der Waals surface area contributed by atoms with E-state index in [0.717, 1.165) is 18.4 Å². The van der Waals surface area contributed by atoms with Crippen molar-refractivity contribution in [2.45, 2.75) is 32.8 Å². The third kappa shape index (κ3) is 3.39. The van der Waals surface area contributed by atoms with E-state index in [9.17, 15) is 14.7 Å². The molecule has 0 saturated carbocycles. The highest BCUT2D eigenvalue weighted by molar-refractivity contribution is 5.82. The summed E-state index contributed by atoms with van der Waals surface area (Å²) in [6.45, 7) is 4.86. The average molecular weight is 344 g/mol. The van der Waals surface area contributed by atoms with Crippen LogP contribution in [0.25, 0.3) is 11.0 Å². The van der Waals surface area contributed by atoms with Crippen molar-refractivity contribution < 1.29 is 14.3 Å². The Labute approximate surface area is 146 Å². The Morgan fingerprint density at radius 1 is 1.32 bits per heavy atom. The fraction of sp³-hybridized carbons (Fsp3) is 0.474. The number of hydrogen-bond acceptors (Lipinski definition) is 5. The van der Waals surface area contributed by atoms with Crippen LogP contribution in [0, 0.1) is 12.8 Å². The summed E-state index contributed by atoms with van der Waals surface area (Å²) in [6.07, 6.45) is 0.719. The van der Waals surface area contributed by atoms with Crippen molar-refractivity contribution in [1.29, 1.82) is 0 Å². The van der Waals surface area contributed by atoms with Crippen molar-refractivity contribution in [2.75, 3.05) is 25.0 Å². The van der Waals surface area contributed by atoms with Gasteiger partial charge in [0, 0.05) is 37.7 Å². The normalized spacial score (nSPS) is 16.9. The van der Waals surface area contributed by atoms with Gasteiger partial charge < -0.3 is 19.7 Å². The Hall–Kier alpha value is -2.34. The first-order chi connectivity index (χ1) is 11.9. The van der Waals surface area contributed by atoms with Crippen LogP contribution in [0.2, 0.25) is 0 Å². The fourth-order valence-electron chi connectivity index (χ4n) is 3.45. The van der Waals surface area contributed by atoms with Crippen molar-refractivity contribution in [2.24, 2.45) is 5.92 Å². The van der Waals surface area contributed by atoms with Crippen LogP contribution in [0.1, 0.15) is 37.0 Å². The minimum atomic E-state index is -0.722. The van der Waals surface area contributed by atoms with Crippen molar-refractivity contribution in [3.8, 4) is 0 Å². The molecule has 1 aromatic carbocycles. The van der Waals surface area contributed by atoms with Crippen molar-refractivity contribution in [1.82, 2.24) is 5.32 Å². The summed E-state index contributed by atoms with van der Waals surface area (Å²) in [7, 11) is 1.65. The van der Waals surface area contributed by atoms with Gasteiger partial charge in [-0.25, -0.2) is 0 Å². The molecule has 1 atom stereocenters. The van der Waals surface area contributed by atoms with Crippen LogP contribution in [0.15, 0.2) is 27.4 Å². The number of nitrogens with one attached hydrogen (secondary N) is 1. The van der Waals surface area contributed by atoms with Crippen LogP contribution in [0.5, 0.6) is 0 Å². The maximum absolute atomic E-state index is 12.6. The van der Waals surface area contributed by atoms with Crippen LogP contribution in [-0.4, -0.2) is 31.2 Å². The molecule has 1 aromatic heterocycles. The zero-order chi connectivity index (χ0) is 18.1. The number of aliphatic hydroxyl groups excluding tert-OH is 1. The highest BCUT2D eigenvalue weighted by Crippen LogP contribution is 2.29. The van der Waals surface area contributed by atoms with Gasteiger partial charge >= 0.3 is 0 Å². The summed E-state index contributed by atoms with van der Waals surface area (Å²) in [5.41, 5.74) is 1.86. The summed E-state index contributed by atoms with van der Waals surface area (Å²) in [4.78, 5) is 26.3. The average Bonchev–Trinajstić information content (AvgIpc) is 2.61. The van der Waals surface area contributed by atoms with Gasteiger partial charge in [-0.1, -0.05) is 0 Å². The van der Waals surface area contributed by atoms with Gasteiger partial charge in [0.25, 0.3) is 0 Å². The van der Waals surface area contributed by atoms with Crippen LogP contribution < -0.4 is 15.6 Å².